The average Bonchev–Trinajstić information content (AvgIpc) is 2.47. The second kappa shape index (κ2) is 11.0. The summed E-state index contributed by atoms with van der Waals surface area (Å²) in [6, 6.07) is 0. The van der Waals surface area contributed by atoms with Gasteiger partial charge in [-0.05, 0) is 32.1 Å². The average molecular weight is 311 g/mol. The fraction of sp³-hybridized carbons (Fsp3) is 0.647. The van der Waals surface area contributed by atoms with Crippen LogP contribution in [0.15, 0.2) is 35.6 Å². The van der Waals surface area contributed by atoms with E-state index < -0.39 is 8.80 Å². The molecule has 1 rings (SSSR count). The first kappa shape index (κ1) is 18.4. The predicted octanol–water partition coefficient (Wildman–Crippen LogP) is 4.58. The van der Waals surface area contributed by atoms with Gasteiger partial charge in [0.1, 0.15) is 0 Å². The molecule has 0 aliphatic heterocycles. The summed E-state index contributed by atoms with van der Waals surface area (Å²) in [6.07, 6.45) is 15.4. The fourth-order valence-corrected chi connectivity index (χ4v) is 5.08. The molecule has 0 aromatic rings. The molecule has 3 nitrogen and oxygen atoms in total. The molecule has 0 atom stereocenters. The van der Waals surface area contributed by atoms with E-state index in [1.807, 2.05) is 0 Å². The molecule has 0 saturated heterocycles. The quantitative estimate of drug-likeness (QED) is 0.553. The second-order valence-electron chi connectivity index (χ2n) is 5.15. The van der Waals surface area contributed by atoms with Gasteiger partial charge in [0.05, 0.1) is 0 Å². The predicted molar refractivity (Wildman–Crippen MR) is 90.1 cm³/mol. The molecule has 21 heavy (non-hydrogen) atoms. The molecule has 4 heteroatoms. The number of hydrogen-bond donors (Lipinski definition) is 0. The topological polar surface area (TPSA) is 27.7 Å². The van der Waals surface area contributed by atoms with Gasteiger partial charge in [-0.25, -0.2) is 0 Å². The van der Waals surface area contributed by atoms with Crippen molar-refractivity contribution in [3.05, 3.63) is 35.6 Å². The highest BCUT2D eigenvalue weighted by Crippen LogP contribution is 2.26. The Morgan fingerprint density at radius 3 is 1.95 bits per heavy atom. The number of rotatable bonds is 10. The maximum absolute atomic E-state index is 6.19. The van der Waals surface area contributed by atoms with Crippen LogP contribution >= 0.6 is 0 Å². The van der Waals surface area contributed by atoms with Crippen molar-refractivity contribution in [2.24, 2.45) is 0 Å². The Morgan fingerprint density at radius 2 is 1.43 bits per heavy atom. The molecule has 1 aliphatic rings. The van der Waals surface area contributed by atoms with E-state index >= 15 is 0 Å². The number of allylic oxidation sites excluding steroid dienone is 6. The molecule has 0 spiro atoms. The molecule has 0 N–H and O–H groups in total. The Bertz CT molecular complexity index is 339. The maximum Gasteiger partial charge on any atom is 0.533 e. The third-order valence-electron chi connectivity index (χ3n) is 3.12. The first-order valence-corrected chi connectivity index (χ1v) is 9.96. The number of hydrogen-bond acceptors (Lipinski definition) is 3. The van der Waals surface area contributed by atoms with Gasteiger partial charge in [0.15, 0.2) is 0 Å². The van der Waals surface area contributed by atoms with Gasteiger partial charge in [0.2, 0.25) is 0 Å². The molecule has 0 amide bonds. The monoisotopic (exact) mass is 310 g/mol. The summed E-state index contributed by atoms with van der Waals surface area (Å²) in [5.74, 6) is 0. The van der Waals surface area contributed by atoms with Crippen LogP contribution in [0.25, 0.3) is 0 Å². The third-order valence-corrected chi connectivity index (χ3v) is 6.07. The lowest BCUT2D eigenvalue weighted by Crippen LogP contribution is -2.49. The van der Waals surface area contributed by atoms with Crippen LogP contribution in [0.2, 0.25) is 0 Å². The molecule has 0 radical (unpaired) electrons. The summed E-state index contributed by atoms with van der Waals surface area (Å²) in [4.78, 5) is 0. The smallest absolute Gasteiger partial charge is 0.370 e. The van der Waals surface area contributed by atoms with Crippen LogP contribution in [0.4, 0.5) is 0 Å². The van der Waals surface area contributed by atoms with Crippen molar-refractivity contribution in [3.63, 3.8) is 0 Å². The Balaban J connectivity index is 2.98. The molecule has 0 fully saturated rings. The van der Waals surface area contributed by atoms with E-state index in [-0.39, 0.29) is 0 Å². The van der Waals surface area contributed by atoms with Crippen molar-refractivity contribution in [2.45, 2.75) is 52.9 Å². The zero-order valence-electron chi connectivity index (χ0n) is 13.8. The minimum absolute atomic E-state index is 0.691. The van der Waals surface area contributed by atoms with Crippen molar-refractivity contribution in [1.29, 1.82) is 0 Å². The summed E-state index contributed by atoms with van der Waals surface area (Å²) in [6.45, 7) is 8.43. The van der Waals surface area contributed by atoms with Gasteiger partial charge in [0.25, 0.3) is 0 Å². The summed E-state index contributed by atoms with van der Waals surface area (Å²) in [5, 5.41) is 1.21. The summed E-state index contributed by atoms with van der Waals surface area (Å²) < 4.78 is 18.6. The van der Waals surface area contributed by atoms with Crippen LogP contribution < -0.4 is 0 Å². The SMILES string of the molecule is CCCO[Si](OCCC)(OCCC)C1=CC=CC=CCC1. The Kier molecular flexibility index (Phi) is 9.59. The minimum Gasteiger partial charge on any atom is -0.370 e. The van der Waals surface area contributed by atoms with Crippen molar-refractivity contribution >= 4 is 8.80 Å². The molecular formula is C17H30O3Si. The van der Waals surface area contributed by atoms with E-state index in [1.54, 1.807) is 0 Å². The highest BCUT2D eigenvalue weighted by Gasteiger charge is 2.45. The second-order valence-corrected chi connectivity index (χ2v) is 7.77. The lowest BCUT2D eigenvalue weighted by Gasteiger charge is -2.31. The van der Waals surface area contributed by atoms with Crippen LogP contribution in [0.5, 0.6) is 0 Å². The summed E-state index contributed by atoms with van der Waals surface area (Å²) in [7, 11) is -2.74. The Morgan fingerprint density at radius 1 is 0.857 bits per heavy atom. The van der Waals surface area contributed by atoms with E-state index in [1.165, 1.54) is 5.20 Å². The van der Waals surface area contributed by atoms with Gasteiger partial charge in [-0.2, -0.15) is 0 Å². The van der Waals surface area contributed by atoms with E-state index in [0.717, 1.165) is 32.1 Å². The van der Waals surface area contributed by atoms with Crippen molar-refractivity contribution in [2.75, 3.05) is 19.8 Å². The van der Waals surface area contributed by atoms with Gasteiger partial charge in [-0.1, -0.05) is 51.2 Å². The third kappa shape index (κ3) is 6.30. The minimum atomic E-state index is -2.74. The first-order chi connectivity index (χ1) is 10.3. The molecule has 0 saturated carbocycles. The molecule has 0 heterocycles. The van der Waals surface area contributed by atoms with Crippen LogP contribution in [0, 0.1) is 0 Å². The van der Waals surface area contributed by atoms with E-state index in [9.17, 15) is 0 Å². The molecule has 1 aliphatic carbocycles. The zero-order valence-corrected chi connectivity index (χ0v) is 14.8. The largest absolute Gasteiger partial charge is 0.533 e. The zero-order chi connectivity index (χ0) is 15.4. The van der Waals surface area contributed by atoms with Gasteiger partial charge in [-0.3, -0.25) is 0 Å². The molecule has 0 aromatic carbocycles. The molecular weight excluding hydrogens is 280 g/mol. The van der Waals surface area contributed by atoms with E-state index in [2.05, 4.69) is 51.2 Å². The molecule has 120 valence electrons. The Labute approximate surface area is 131 Å². The van der Waals surface area contributed by atoms with Gasteiger partial charge >= 0.3 is 8.80 Å². The summed E-state index contributed by atoms with van der Waals surface area (Å²) in [5.41, 5.74) is 0. The van der Waals surface area contributed by atoms with Crippen molar-refractivity contribution in [1.82, 2.24) is 0 Å². The van der Waals surface area contributed by atoms with Crippen LogP contribution in [0.1, 0.15) is 52.9 Å². The van der Waals surface area contributed by atoms with Gasteiger partial charge < -0.3 is 13.3 Å². The van der Waals surface area contributed by atoms with Crippen molar-refractivity contribution < 1.29 is 13.3 Å². The van der Waals surface area contributed by atoms with Gasteiger partial charge in [0, 0.05) is 25.0 Å². The highest BCUT2D eigenvalue weighted by molar-refractivity contribution is 6.68. The fourth-order valence-electron chi connectivity index (χ4n) is 2.10. The highest BCUT2D eigenvalue weighted by atomic mass is 28.4. The van der Waals surface area contributed by atoms with E-state index in [0.29, 0.717) is 19.8 Å². The van der Waals surface area contributed by atoms with Crippen LogP contribution in [-0.2, 0) is 13.3 Å². The standard InChI is InChI=1S/C17H30O3Si/c1-4-14-18-21(19-15-5-2,20-16-6-3)17-12-10-8-7-9-11-13-17/h7-10,12H,4-6,11,13-16H2,1-3H3. The normalized spacial score (nSPS) is 15.7. The summed E-state index contributed by atoms with van der Waals surface area (Å²) >= 11 is 0. The molecule has 0 unspecified atom stereocenters. The van der Waals surface area contributed by atoms with Crippen molar-refractivity contribution in [3.8, 4) is 0 Å². The Hall–Kier alpha value is -0.683. The molecule has 0 aromatic heterocycles. The maximum atomic E-state index is 6.19. The lowest BCUT2D eigenvalue weighted by molar-refractivity contribution is 0.0674. The van der Waals surface area contributed by atoms with Gasteiger partial charge in [-0.15, -0.1) is 0 Å². The first-order valence-electron chi connectivity index (χ1n) is 8.23. The lowest BCUT2D eigenvalue weighted by atomic mass is 10.2. The van der Waals surface area contributed by atoms with Crippen LogP contribution in [0.3, 0.4) is 0 Å². The van der Waals surface area contributed by atoms with Crippen LogP contribution in [-0.4, -0.2) is 28.6 Å². The van der Waals surface area contributed by atoms with E-state index in [4.69, 9.17) is 13.3 Å². The molecule has 0 bridgehead atoms.